The van der Waals surface area contributed by atoms with Gasteiger partial charge in [-0.05, 0) is 80.8 Å². The average Bonchev–Trinajstić information content (AvgIpc) is 2.65. The zero-order valence-corrected chi connectivity index (χ0v) is 16.3. The summed E-state index contributed by atoms with van der Waals surface area (Å²) in [6.45, 7) is 1.91. The molecule has 5 rings (SSSR count). The van der Waals surface area contributed by atoms with E-state index in [4.69, 9.17) is 4.74 Å². The number of rotatable bonds is 6. The maximum Gasteiger partial charge on any atom is 0.340 e. The van der Waals surface area contributed by atoms with E-state index in [0.717, 1.165) is 17.8 Å². The van der Waals surface area contributed by atoms with Crippen molar-refractivity contribution in [1.29, 1.82) is 0 Å². The fourth-order valence-electron chi connectivity index (χ4n) is 6.23. The van der Waals surface area contributed by atoms with Crippen LogP contribution in [-0.4, -0.2) is 31.6 Å². The largest absolute Gasteiger partial charge is 0.452 e. The number of benzene rings is 1. The maximum atomic E-state index is 12.4. The topological polar surface area (TPSA) is 67.4 Å². The zero-order valence-electron chi connectivity index (χ0n) is 16.3. The van der Waals surface area contributed by atoms with Gasteiger partial charge in [-0.1, -0.05) is 12.1 Å². The highest BCUT2D eigenvalue weighted by Crippen LogP contribution is 2.61. The molecule has 0 radical (unpaired) electrons. The lowest BCUT2D eigenvalue weighted by Crippen LogP contribution is -2.56. The van der Waals surface area contributed by atoms with E-state index in [1.165, 1.54) is 38.5 Å². The Bertz CT molecular complexity index is 695. The van der Waals surface area contributed by atoms with Gasteiger partial charge in [0, 0.05) is 18.8 Å². The van der Waals surface area contributed by atoms with Crippen molar-refractivity contribution in [2.24, 2.45) is 23.2 Å². The van der Waals surface area contributed by atoms with Crippen LogP contribution in [0, 0.1) is 23.2 Å². The first kappa shape index (κ1) is 18.3. The molecule has 0 heterocycles. The second-order valence-corrected chi connectivity index (χ2v) is 8.94. The predicted molar refractivity (Wildman–Crippen MR) is 104 cm³/mol. The highest BCUT2D eigenvalue weighted by Gasteiger charge is 2.53. The van der Waals surface area contributed by atoms with E-state index in [1.807, 2.05) is 12.1 Å². The average molecular weight is 370 g/mol. The van der Waals surface area contributed by atoms with Crippen molar-refractivity contribution < 1.29 is 14.3 Å². The molecule has 4 aliphatic carbocycles. The number of hydrogen-bond acceptors (Lipinski definition) is 4. The highest BCUT2D eigenvalue weighted by atomic mass is 16.5. The number of anilines is 1. The molecule has 1 aromatic carbocycles. The second-order valence-electron chi connectivity index (χ2n) is 8.94. The Morgan fingerprint density at radius 1 is 1.11 bits per heavy atom. The summed E-state index contributed by atoms with van der Waals surface area (Å²) in [6.07, 6.45) is 7.91. The number of hydrogen-bond donors (Lipinski definition) is 2. The van der Waals surface area contributed by atoms with E-state index in [0.29, 0.717) is 11.3 Å². The Morgan fingerprint density at radius 3 is 2.30 bits per heavy atom. The minimum absolute atomic E-state index is 0.140. The number of nitrogens with one attached hydrogen (secondary N) is 2. The summed E-state index contributed by atoms with van der Waals surface area (Å²) in [5, 5.41) is 6.11. The van der Waals surface area contributed by atoms with E-state index >= 15 is 0 Å². The van der Waals surface area contributed by atoms with Crippen LogP contribution in [0.4, 0.5) is 5.69 Å². The van der Waals surface area contributed by atoms with Gasteiger partial charge >= 0.3 is 5.97 Å². The number of esters is 1. The molecule has 4 saturated carbocycles. The van der Waals surface area contributed by atoms with Crippen LogP contribution < -0.4 is 10.6 Å². The van der Waals surface area contributed by atoms with Gasteiger partial charge in [-0.2, -0.15) is 0 Å². The normalized spacial score (nSPS) is 32.0. The van der Waals surface area contributed by atoms with Crippen molar-refractivity contribution in [2.45, 2.75) is 51.5 Å². The molecule has 0 unspecified atom stereocenters. The van der Waals surface area contributed by atoms with Gasteiger partial charge in [-0.3, -0.25) is 4.79 Å². The van der Waals surface area contributed by atoms with E-state index in [2.05, 4.69) is 17.6 Å². The zero-order chi connectivity index (χ0) is 19.0. The fraction of sp³-hybridized carbons (Fsp3) is 0.636. The molecule has 5 heteroatoms. The summed E-state index contributed by atoms with van der Waals surface area (Å²) in [5.41, 5.74) is 1.40. The third-order valence-corrected chi connectivity index (χ3v) is 7.13. The smallest absolute Gasteiger partial charge is 0.340 e. The Hall–Kier alpha value is -2.04. The first-order valence-electron chi connectivity index (χ1n) is 10.2. The van der Waals surface area contributed by atoms with E-state index in [9.17, 15) is 9.59 Å². The molecule has 1 aromatic rings. The number of carbonyl (C=O) groups excluding carboxylic acids is 2. The van der Waals surface area contributed by atoms with Gasteiger partial charge in [-0.25, -0.2) is 4.79 Å². The first-order valence-corrected chi connectivity index (χ1v) is 10.2. The van der Waals surface area contributed by atoms with Crippen LogP contribution in [0.2, 0.25) is 0 Å². The quantitative estimate of drug-likeness (QED) is 0.751. The van der Waals surface area contributed by atoms with Gasteiger partial charge in [0.1, 0.15) is 0 Å². The molecule has 4 aliphatic rings. The van der Waals surface area contributed by atoms with E-state index in [-0.39, 0.29) is 24.0 Å². The van der Waals surface area contributed by atoms with Crippen molar-refractivity contribution in [2.75, 3.05) is 19.0 Å². The van der Waals surface area contributed by atoms with Gasteiger partial charge in [0.25, 0.3) is 5.91 Å². The second kappa shape index (κ2) is 7.17. The van der Waals surface area contributed by atoms with Crippen molar-refractivity contribution >= 4 is 17.6 Å². The number of ether oxygens (including phenoxy) is 1. The van der Waals surface area contributed by atoms with Gasteiger partial charge < -0.3 is 15.4 Å². The molecular formula is C22H30N2O3. The summed E-state index contributed by atoms with van der Waals surface area (Å²) in [7, 11) is 1.76. The van der Waals surface area contributed by atoms with Crippen LogP contribution in [0.3, 0.4) is 0 Å². The third kappa shape index (κ3) is 3.56. The number of amides is 1. The van der Waals surface area contributed by atoms with Gasteiger partial charge in [0.05, 0.1) is 5.56 Å². The van der Waals surface area contributed by atoms with Crippen LogP contribution >= 0.6 is 0 Å². The Kier molecular flexibility index (Phi) is 4.87. The Morgan fingerprint density at radius 2 is 1.70 bits per heavy atom. The van der Waals surface area contributed by atoms with Crippen LogP contribution in [0.1, 0.15) is 55.8 Å². The minimum Gasteiger partial charge on any atom is -0.452 e. The van der Waals surface area contributed by atoms with Crippen molar-refractivity contribution in [1.82, 2.24) is 5.32 Å². The third-order valence-electron chi connectivity index (χ3n) is 7.13. The fourth-order valence-corrected chi connectivity index (χ4v) is 6.23. The molecule has 0 aromatic heterocycles. The van der Waals surface area contributed by atoms with Crippen LogP contribution in [0.25, 0.3) is 0 Å². The maximum absolute atomic E-state index is 12.4. The lowest BCUT2D eigenvalue weighted by atomic mass is 9.48. The van der Waals surface area contributed by atoms with Crippen LogP contribution in [0.5, 0.6) is 0 Å². The first-order chi connectivity index (χ1) is 13.0. The van der Waals surface area contributed by atoms with E-state index in [1.54, 1.807) is 19.2 Å². The van der Waals surface area contributed by atoms with Gasteiger partial charge in [0.15, 0.2) is 6.61 Å². The predicted octanol–water partition coefficient (Wildman–Crippen LogP) is 3.61. The Labute approximate surface area is 161 Å². The molecule has 1 amide bonds. The molecule has 4 fully saturated rings. The summed E-state index contributed by atoms with van der Waals surface area (Å²) in [5.74, 6) is 1.88. The lowest BCUT2D eigenvalue weighted by Gasteiger charge is -2.59. The monoisotopic (exact) mass is 370 g/mol. The van der Waals surface area contributed by atoms with Crippen LogP contribution in [-0.2, 0) is 9.53 Å². The molecule has 0 aliphatic heterocycles. The minimum atomic E-state index is -0.474. The molecule has 4 bridgehead atoms. The highest BCUT2D eigenvalue weighted by molar-refractivity contribution is 5.96. The van der Waals surface area contributed by atoms with Crippen LogP contribution in [0.15, 0.2) is 24.3 Å². The SMILES string of the molecule is CNc1ccccc1C(=O)OCC(=O)N[C@H](C)C12CC3CC(CC(C3)C1)C2. The molecule has 0 spiro atoms. The lowest BCUT2D eigenvalue weighted by molar-refractivity contribution is -0.128. The summed E-state index contributed by atoms with van der Waals surface area (Å²) >= 11 is 0. The summed E-state index contributed by atoms with van der Waals surface area (Å²) in [4.78, 5) is 24.7. The van der Waals surface area contributed by atoms with Gasteiger partial charge in [-0.15, -0.1) is 0 Å². The molecular weight excluding hydrogens is 340 g/mol. The summed E-state index contributed by atoms with van der Waals surface area (Å²) in [6, 6.07) is 7.28. The van der Waals surface area contributed by atoms with Crippen molar-refractivity contribution in [3.8, 4) is 0 Å². The molecule has 2 N–H and O–H groups in total. The van der Waals surface area contributed by atoms with E-state index < -0.39 is 5.97 Å². The molecule has 1 atom stereocenters. The molecule has 5 nitrogen and oxygen atoms in total. The van der Waals surface area contributed by atoms with Crippen molar-refractivity contribution in [3.05, 3.63) is 29.8 Å². The molecule has 27 heavy (non-hydrogen) atoms. The Balaban J connectivity index is 1.32. The molecule has 146 valence electrons. The summed E-state index contributed by atoms with van der Waals surface area (Å²) < 4.78 is 5.26. The van der Waals surface area contributed by atoms with Crippen molar-refractivity contribution in [3.63, 3.8) is 0 Å². The standard InChI is InChI=1S/C22H30N2O3/c1-14(22-10-15-7-16(11-22)9-17(8-15)12-22)24-20(25)13-27-21(26)18-5-3-4-6-19(18)23-2/h3-6,14-17,23H,7-13H2,1-2H3,(H,24,25)/t14-,15?,16?,17?,22?/m1/s1. The van der Waals surface area contributed by atoms with Gasteiger partial charge in [0.2, 0.25) is 0 Å². The number of para-hydroxylation sites is 1. The molecule has 0 saturated heterocycles. The number of carbonyl (C=O) groups is 2.